The lowest BCUT2D eigenvalue weighted by atomic mass is 10.3. The van der Waals surface area contributed by atoms with Gasteiger partial charge in [0.1, 0.15) is 0 Å². The number of nitrogens with zero attached hydrogens (tertiary/aromatic N) is 2. The molecule has 2 aromatic carbocycles. The molecular formula is C24H30N4O4S. The van der Waals surface area contributed by atoms with Crippen molar-refractivity contribution in [1.82, 2.24) is 9.80 Å². The quantitative estimate of drug-likeness (QED) is 0.613. The van der Waals surface area contributed by atoms with Gasteiger partial charge < -0.3 is 20.1 Å². The number of amides is 2. The Labute approximate surface area is 198 Å². The summed E-state index contributed by atoms with van der Waals surface area (Å²) in [5, 5.41) is 5.91. The second-order valence-electron chi connectivity index (χ2n) is 8.02. The molecule has 0 atom stereocenters. The summed E-state index contributed by atoms with van der Waals surface area (Å²) in [6, 6.07) is 15.6. The molecule has 2 aliphatic heterocycles. The Morgan fingerprint density at radius 2 is 1.03 bits per heavy atom. The number of rotatable bonds is 8. The minimum atomic E-state index is -0.0106. The number of hydrogen-bond donors (Lipinski definition) is 2. The Morgan fingerprint density at radius 3 is 1.39 bits per heavy atom. The van der Waals surface area contributed by atoms with E-state index in [2.05, 4.69) is 20.4 Å². The summed E-state index contributed by atoms with van der Waals surface area (Å²) in [4.78, 5) is 30.8. The van der Waals surface area contributed by atoms with E-state index in [1.165, 1.54) is 0 Å². The van der Waals surface area contributed by atoms with Crippen LogP contribution in [0.2, 0.25) is 0 Å². The molecule has 2 aromatic rings. The van der Waals surface area contributed by atoms with Crippen LogP contribution < -0.4 is 10.6 Å². The van der Waals surface area contributed by atoms with E-state index in [9.17, 15) is 9.59 Å². The van der Waals surface area contributed by atoms with Crippen LogP contribution in [0.25, 0.3) is 0 Å². The molecule has 0 spiro atoms. The molecule has 0 aromatic heterocycles. The van der Waals surface area contributed by atoms with Crippen LogP contribution in [-0.4, -0.2) is 87.3 Å². The number of carbonyl (C=O) groups is 2. The Morgan fingerprint density at radius 1 is 0.667 bits per heavy atom. The summed E-state index contributed by atoms with van der Waals surface area (Å²) < 4.78 is 10.6. The van der Waals surface area contributed by atoms with Crippen molar-refractivity contribution in [2.75, 3.05) is 76.3 Å². The molecule has 2 aliphatic rings. The van der Waals surface area contributed by atoms with Gasteiger partial charge in [-0.1, -0.05) is 11.8 Å². The van der Waals surface area contributed by atoms with E-state index in [0.29, 0.717) is 39.5 Å². The summed E-state index contributed by atoms with van der Waals surface area (Å²) in [6.07, 6.45) is 0. The lowest BCUT2D eigenvalue weighted by Crippen LogP contribution is -2.41. The molecule has 2 fully saturated rings. The van der Waals surface area contributed by atoms with Crippen LogP contribution in [0.1, 0.15) is 0 Å². The van der Waals surface area contributed by atoms with Crippen molar-refractivity contribution in [3.05, 3.63) is 48.5 Å². The lowest BCUT2D eigenvalue weighted by Gasteiger charge is -2.25. The summed E-state index contributed by atoms with van der Waals surface area (Å²) in [5.74, 6) is -0.0212. The van der Waals surface area contributed by atoms with Gasteiger partial charge in [0.2, 0.25) is 11.8 Å². The van der Waals surface area contributed by atoms with Crippen LogP contribution in [0.4, 0.5) is 11.4 Å². The van der Waals surface area contributed by atoms with Gasteiger partial charge in [-0.25, -0.2) is 0 Å². The first-order valence-electron chi connectivity index (χ1n) is 11.2. The fourth-order valence-corrected chi connectivity index (χ4v) is 4.49. The molecule has 2 heterocycles. The predicted octanol–water partition coefficient (Wildman–Crippen LogP) is 2.38. The van der Waals surface area contributed by atoms with Crippen LogP contribution in [0.5, 0.6) is 0 Å². The maximum Gasteiger partial charge on any atom is 0.238 e. The lowest BCUT2D eigenvalue weighted by molar-refractivity contribution is -0.119. The SMILES string of the molecule is O=C(CN1CCOCC1)Nc1ccc(Sc2ccc(NC(=O)CN3CCOCC3)cc2)cc1. The molecule has 176 valence electrons. The number of hydrogen-bond acceptors (Lipinski definition) is 7. The van der Waals surface area contributed by atoms with Gasteiger partial charge in [0.25, 0.3) is 0 Å². The fraction of sp³-hybridized carbons (Fsp3) is 0.417. The maximum atomic E-state index is 12.2. The molecule has 4 rings (SSSR count). The normalized spacial score (nSPS) is 17.5. The van der Waals surface area contributed by atoms with Crippen LogP contribution in [0.3, 0.4) is 0 Å². The van der Waals surface area contributed by atoms with E-state index >= 15 is 0 Å². The second-order valence-corrected chi connectivity index (χ2v) is 9.17. The minimum absolute atomic E-state index is 0.0106. The molecule has 0 unspecified atom stereocenters. The third kappa shape index (κ3) is 7.83. The van der Waals surface area contributed by atoms with Crippen LogP contribution in [0.15, 0.2) is 58.3 Å². The molecule has 9 heteroatoms. The van der Waals surface area contributed by atoms with Crippen molar-refractivity contribution >= 4 is 35.0 Å². The zero-order valence-corrected chi connectivity index (χ0v) is 19.4. The van der Waals surface area contributed by atoms with E-state index < -0.39 is 0 Å². The average Bonchev–Trinajstić information content (AvgIpc) is 2.83. The largest absolute Gasteiger partial charge is 0.379 e. The standard InChI is InChI=1S/C24H30N4O4S/c29-23(17-27-9-13-31-14-10-27)25-19-1-5-21(6-2-19)33-22-7-3-20(4-8-22)26-24(30)18-28-11-15-32-16-12-28/h1-8H,9-18H2,(H,25,29)(H,26,30). The molecule has 8 nitrogen and oxygen atoms in total. The van der Waals surface area contributed by atoms with E-state index in [-0.39, 0.29) is 11.8 Å². The molecule has 33 heavy (non-hydrogen) atoms. The average molecular weight is 471 g/mol. The van der Waals surface area contributed by atoms with Crippen molar-refractivity contribution in [3.63, 3.8) is 0 Å². The zero-order chi connectivity index (χ0) is 22.9. The molecule has 0 aliphatic carbocycles. The summed E-state index contributed by atoms with van der Waals surface area (Å²) in [5.41, 5.74) is 1.58. The Bertz CT molecular complexity index is 836. The fourth-order valence-electron chi connectivity index (χ4n) is 3.67. The van der Waals surface area contributed by atoms with Gasteiger partial charge in [-0.3, -0.25) is 19.4 Å². The zero-order valence-electron chi connectivity index (χ0n) is 18.6. The van der Waals surface area contributed by atoms with E-state index in [1.54, 1.807) is 11.8 Å². The summed E-state index contributed by atoms with van der Waals surface area (Å²) >= 11 is 1.63. The first-order valence-corrected chi connectivity index (χ1v) is 12.0. The number of morpholine rings is 2. The number of benzene rings is 2. The van der Waals surface area contributed by atoms with Crippen LogP contribution in [-0.2, 0) is 19.1 Å². The van der Waals surface area contributed by atoms with Crippen LogP contribution >= 0.6 is 11.8 Å². The minimum Gasteiger partial charge on any atom is -0.379 e. The number of anilines is 2. The van der Waals surface area contributed by atoms with E-state index in [0.717, 1.165) is 47.3 Å². The third-order valence-corrected chi connectivity index (χ3v) is 6.47. The predicted molar refractivity (Wildman–Crippen MR) is 129 cm³/mol. The van der Waals surface area contributed by atoms with Crippen molar-refractivity contribution in [2.45, 2.75) is 9.79 Å². The van der Waals surface area contributed by atoms with Gasteiger partial charge in [0.15, 0.2) is 0 Å². The molecule has 2 amide bonds. The van der Waals surface area contributed by atoms with Gasteiger partial charge in [-0.05, 0) is 48.5 Å². The van der Waals surface area contributed by atoms with Crippen LogP contribution in [0, 0.1) is 0 Å². The molecule has 2 saturated heterocycles. The van der Waals surface area contributed by atoms with Crippen molar-refractivity contribution in [1.29, 1.82) is 0 Å². The van der Waals surface area contributed by atoms with Crippen molar-refractivity contribution < 1.29 is 19.1 Å². The van der Waals surface area contributed by atoms with E-state index in [1.807, 2.05) is 48.5 Å². The highest BCUT2D eigenvalue weighted by atomic mass is 32.2. The smallest absolute Gasteiger partial charge is 0.238 e. The highest BCUT2D eigenvalue weighted by Crippen LogP contribution is 2.29. The summed E-state index contributed by atoms with van der Waals surface area (Å²) in [6.45, 7) is 6.66. The number of ether oxygens (including phenoxy) is 2. The Kier molecular flexibility index (Phi) is 8.73. The van der Waals surface area contributed by atoms with Gasteiger partial charge in [0.05, 0.1) is 39.5 Å². The monoisotopic (exact) mass is 470 g/mol. The molecular weight excluding hydrogens is 440 g/mol. The maximum absolute atomic E-state index is 12.2. The second kappa shape index (κ2) is 12.2. The topological polar surface area (TPSA) is 83.1 Å². The Balaban J connectivity index is 1.22. The molecule has 0 bridgehead atoms. The Hall–Kier alpha value is -2.43. The van der Waals surface area contributed by atoms with Crippen molar-refractivity contribution in [3.8, 4) is 0 Å². The highest BCUT2D eigenvalue weighted by Gasteiger charge is 2.15. The highest BCUT2D eigenvalue weighted by molar-refractivity contribution is 7.99. The molecule has 2 N–H and O–H groups in total. The first-order chi connectivity index (χ1) is 16.1. The van der Waals surface area contributed by atoms with Gasteiger partial charge >= 0.3 is 0 Å². The third-order valence-electron chi connectivity index (χ3n) is 5.45. The number of carbonyl (C=O) groups excluding carboxylic acids is 2. The van der Waals surface area contributed by atoms with Gasteiger partial charge in [-0.2, -0.15) is 0 Å². The van der Waals surface area contributed by atoms with Gasteiger partial charge in [-0.15, -0.1) is 0 Å². The van der Waals surface area contributed by atoms with Gasteiger partial charge in [0, 0.05) is 47.3 Å². The summed E-state index contributed by atoms with van der Waals surface area (Å²) in [7, 11) is 0. The molecule has 0 radical (unpaired) electrons. The molecule has 0 saturated carbocycles. The number of nitrogens with one attached hydrogen (secondary N) is 2. The first kappa shape index (κ1) is 23.7. The van der Waals surface area contributed by atoms with E-state index in [4.69, 9.17) is 9.47 Å². The van der Waals surface area contributed by atoms with Crippen molar-refractivity contribution in [2.24, 2.45) is 0 Å².